The fraction of sp³-hybridized carbons (Fsp3) is 0.450. The number of carbonyl (C=O) groups is 2. The third kappa shape index (κ3) is 5.13. The Labute approximate surface area is 166 Å². The molecule has 28 heavy (non-hydrogen) atoms. The number of benzene rings is 1. The van der Waals surface area contributed by atoms with E-state index in [-0.39, 0.29) is 24.4 Å². The maximum atomic E-state index is 13.6. The van der Waals surface area contributed by atoms with Crippen LogP contribution < -0.4 is 10.6 Å². The molecule has 0 fully saturated rings. The number of rotatable bonds is 7. The molecule has 0 bridgehead atoms. The highest BCUT2D eigenvalue weighted by atomic mass is 32.1. The van der Waals surface area contributed by atoms with Crippen LogP contribution in [0.5, 0.6) is 0 Å². The van der Waals surface area contributed by atoms with Gasteiger partial charge in [-0.3, -0.25) is 9.59 Å². The SMILES string of the molecule is CCCC1CCc2nc(NC(=O)CCNC(=O)c3ccc(F)cc3F)sc2C1. The number of aryl methyl sites for hydroxylation is 1. The molecule has 0 saturated heterocycles. The van der Waals surface area contributed by atoms with Crippen molar-refractivity contribution in [2.24, 2.45) is 5.92 Å². The third-order valence-corrected chi connectivity index (χ3v) is 5.83. The summed E-state index contributed by atoms with van der Waals surface area (Å²) < 4.78 is 26.5. The van der Waals surface area contributed by atoms with E-state index in [9.17, 15) is 18.4 Å². The molecule has 1 aliphatic rings. The van der Waals surface area contributed by atoms with Crippen LogP contribution in [0.4, 0.5) is 13.9 Å². The molecule has 1 aromatic heterocycles. The van der Waals surface area contributed by atoms with E-state index in [2.05, 4.69) is 22.5 Å². The zero-order valence-electron chi connectivity index (χ0n) is 15.7. The summed E-state index contributed by atoms with van der Waals surface area (Å²) in [4.78, 5) is 29.8. The first-order valence-corrected chi connectivity index (χ1v) is 10.3. The van der Waals surface area contributed by atoms with Crippen LogP contribution >= 0.6 is 11.3 Å². The second-order valence-electron chi connectivity index (χ2n) is 6.96. The van der Waals surface area contributed by atoms with Crippen molar-refractivity contribution in [3.63, 3.8) is 0 Å². The Morgan fingerprint density at radius 2 is 2.14 bits per heavy atom. The molecule has 1 unspecified atom stereocenters. The number of nitrogens with one attached hydrogen (secondary N) is 2. The lowest BCUT2D eigenvalue weighted by Crippen LogP contribution is -2.28. The molecule has 2 N–H and O–H groups in total. The van der Waals surface area contributed by atoms with Crippen molar-refractivity contribution in [3.05, 3.63) is 46.0 Å². The first-order valence-electron chi connectivity index (χ1n) is 9.48. The topological polar surface area (TPSA) is 71.1 Å². The van der Waals surface area contributed by atoms with Crippen LogP contribution in [0, 0.1) is 17.6 Å². The number of anilines is 1. The first kappa shape index (κ1) is 20.4. The minimum Gasteiger partial charge on any atom is -0.351 e. The van der Waals surface area contributed by atoms with E-state index in [0.717, 1.165) is 37.1 Å². The molecular weight excluding hydrogens is 384 g/mol. The van der Waals surface area contributed by atoms with E-state index in [1.54, 1.807) is 0 Å². The fourth-order valence-electron chi connectivity index (χ4n) is 3.39. The number of carbonyl (C=O) groups excluding carboxylic acids is 2. The van der Waals surface area contributed by atoms with Crippen molar-refractivity contribution in [2.75, 3.05) is 11.9 Å². The van der Waals surface area contributed by atoms with Crippen LogP contribution in [0.3, 0.4) is 0 Å². The van der Waals surface area contributed by atoms with Crippen LogP contribution in [-0.2, 0) is 17.6 Å². The van der Waals surface area contributed by atoms with Crippen molar-refractivity contribution in [3.8, 4) is 0 Å². The number of nitrogens with zero attached hydrogens (tertiary/aromatic N) is 1. The van der Waals surface area contributed by atoms with Crippen LogP contribution in [0.1, 0.15) is 53.5 Å². The van der Waals surface area contributed by atoms with E-state index in [1.165, 1.54) is 29.1 Å². The van der Waals surface area contributed by atoms with Crippen LogP contribution in [-0.4, -0.2) is 23.3 Å². The minimum atomic E-state index is -0.934. The highest BCUT2D eigenvalue weighted by molar-refractivity contribution is 7.15. The molecule has 2 aromatic rings. The van der Waals surface area contributed by atoms with Gasteiger partial charge in [0.25, 0.3) is 5.91 Å². The zero-order chi connectivity index (χ0) is 20.1. The van der Waals surface area contributed by atoms with Crippen LogP contribution in [0.25, 0.3) is 0 Å². The van der Waals surface area contributed by atoms with Gasteiger partial charge in [0.2, 0.25) is 5.91 Å². The van der Waals surface area contributed by atoms with Gasteiger partial charge in [0.05, 0.1) is 11.3 Å². The van der Waals surface area contributed by atoms with Gasteiger partial charge in [-0.05, 0) is 37.3 Å². The maximum absolute atomic E-state index is 13.6. The molecular formula is C20H23F2N3O2S. The summed E-state index contributed by atoms with van der Waals surface area (Å²) in [6.07, 6.45) is 5.55. The lowest BCUT2D eigenvalue weighted by Gasteiger charge is -2.19. The van der Waals surface area contributed by atoms with Crippen LogP contribution in [0.15, 0.2) is 18.2 Å². The molecule has 1 aromatic carbocycles. The lowest BCUT2D eigenvalue weighted by molar-refractivity contribution is -0.116. The van der Waals surface area contributed by atoms with Gasteiger partial charge >= 0.3 is 0 Å². The molecule has 0 saturated carbocycles. The Morgan fingerprint density at radius 3 is 2.89 bits per heavy atom. The summed E-state index contributed by atoms with van der Waals surface area (Å²) in [5.41, 5.74) is 0.823. The number of hydrogen-bond acceptors (Lipinski definition) is 4. The fourth-order valence-corrected chi connectivity index (χ4v) is 4.53. The van der Waals surface area contributed by atoms with Crippen LogP contribution in [0.2, 0.25) is 0 Å². The molecule has 1 heterocycles. The summed E-state index contributed by atoms with van der Waals surface area (Å²) >= 11 is 1.52. The third-order valence-electron chi connectivity index (χ3n) is 4.80. The first-order chi connectivity index (χ1) is 13.5. The lowest BCUT2D eigenvalue weighted by atomic mass is 9.88. The van der Waals surface area contributed by atoms with E-state index in [4.69, 9.17) is 0 Å². The van der Waals surface area contributed by atoms with Gasteiger partial charge in [-0.1, -0.05) is 19.8 Å². The summed E-state index contributed by atoms with van der Waals surface area (Å²) in [5, 5.41) is 5.82. The van der Waals surface area contributed by atoms with E-state index >= 15 is 0 Å². The highest BCUT2D eigenvalue weighted by Gasteiger charge is 2.22. The summed E-state index contributed by atoms with van der Waals surface area (Å²) in [6, 6.07) is 2.74. The number of aromatic nitrogens is 1. The van der Waals surface area contributed by atoms with Gasteiger partial charge < -0.3 is 10.6 Å². The Bertz CT molecular complexity index is 869. The number of hydrogen-bond donors (Lipinski definition) is 2. The predicted octanol–water partition coefficient (Wildman–Crippen LogP) is 4.08. The Kier molecular flexibility index (Phi) is 6.72. The molecule has 8 heteroatoms. The number of halogens is 2. The zero-order valence-corrected chi connectivity index (χ0v) is 16.5. The predicted molar refractivity (Wildman–Crippen MR) is 104 cm³/mol. The molecule has 0 spiro atoms. The largest absolute Gasteiger partial charge is 0.351 e. The van der Waals surface area contributed by atoms with Gasteiger partial charge in [-0.2, -0.15) is 0 Å². The number of amides is 2. The second kappa shape index (κ2) is 9.23. The minimum absolute atomic E-state index is 0.0389. The number of fused-ring (bicyclic) bond motifs is 1. The van der Waals surface area contributed by atoms with E-state index < -0.39 is 17.5 Å². The van der Waals surface area contributed by atoms with Gasteiger partial charge in [0.15, 0.2) is 5.13 Å². The van der Waals surface area contributed by atoms with Crippen molar-refractivity contribution in [1.82, 2.24) is 10.3 Å². The van der Waals surface area contributed by atoms with Crippen molar-refractivity contribution >= 4 is 28.3 Å². The Morgan fingerprint density at radius 1 is 1.32 bits per heavy atom. The molecule has 2 amide bonds. The molecule has 0 aliphatic heterocycles. The Hall–Kier alpha value is -2.35. The van der Waals surface area contributed by atoms with Gasteiger partial charge in [0, 0.05) is 23.9 Å². The molecule has 1 aliphatic carbocycles. The maximum Gasteiger partial charge on any atom is 0.254 e. The second-order valence-corrected chi connectivity index (χ2v) is 8.05. The average Bonchev–Trinajstić information content (AvgIpc) is 3.03. The summed E-state index contributed by atoms with van der Waals surface area (Å²) in [5.74, 6) is -1.94. The van der Waals surface area contributed by atoms with Gasteiger partial charge in [-0.25, -0.2) is 13.8 Å². The Balaban J connectivity index is 1.47. The highest BCUT2D eigenvalue weighted by Crippen LogP contribution is 2.34. The standard InChI is InChI=1S/C20H23F2N3O2S/c1-2-3-12-4-7-16-17(10-12)28-20(24-16)25-18(26)8-9-23-19(27)14-6-5-13(21)11-15(14)22/h5-6,11-12H,2-4,7-10H2,1H3,(H,23,27)(H,24,25,26). The average molecular weight is 407 g/mol. The molecule has 3 rings (SSSR count). The molecule has 1 atom stereocenters. The van der Waals surface area contributed by atoms with E-state index in [0.29, 0.717) is 17.1 Å². The van der Waals surface area contributed by atoms with Crippen molar-refractivity contribution < 1.29 is 18.4 Å². The number of thiazole rings is 1. The smallest absolute Gasteiger partial charge is 0.254 e. The van der Waals surface area contributed by atoms with Crippen molar-refractivity contribution in [1.29, 1.82) is 0 Å². The monoisotopic (exact) mass is 407 g/mol. The van der Waals surface area contributed by atoms with E-state index in [1.807, 2.05) is 0 Å². The summed E-state index contributed by atoms with van der Waals surface area (Å²) in [6.45, 7) is 2.24. The molecule has 0 radical (unpaired) electrons. The quantitative estimate of drug-likeness (QED) is 0.726. The molecule has 150 valence electrons. The molecule has 5 nitrogen and oxygen atoms in total. The van der Waals surface area contributed by atoms with Crippen molar-refractivity contribution in [2.45, 2.75) is 45.4 Å². The van der Waals surface area contributed by atoms with Gasteiger partial charge in [0.1, 0.15) is 11.6 Å². The van der Waals surface area contributed by atoms with Gasteiger partial charge in [-0.15, -0.1) is 11.3 Å². The summed E-state index contributed by atoms with van der Waals surface area (Å²) in [7, 11) is 0. The normalized spacial score (nSPS) is 15.8.